The van der Waals surface area contributed by atoms with Crippen LogP contribution in [0.2, 0.25) is 0 Å². The van der Waals surface area contributed by atoms with Gasteiger partial charge in [0.25, 0.3) is 0 Å². The Kier molecular flexibility index (Phi) is 5.06. The molecular weight excluding hydrogens is 330 g/mol. The first-order valence-corrected chi connectivity index (χ1v) is 9.08. The maximum Gasteiger partial charge on any atom is 0.213 e. The van der Waals surface area contributed by atoms with Gasteiger partial charge in [-0.15, -0.1) is 0 Å². The summed E-state index contributed by atoms with van der Waals surface area (Å²) in [6.45, 7) is 3.78. The quantitative estimate of drug-likeness (QED) is 0.875. The molecule has 1 N–H and O–H groups in total. The smallest absolute Gasteiger partial charge is 0.213 e. The predicted octanol–water partition coefficient (Wildman–Crippen LogP) is 1.24. The standard InChI is InChI=1S/C19H23N5O2/c1-20-19-18-16(21-6-7-22-18)10-15(24-19)14-2-3-17(23-11-14)26-12-13-4-8-25-9-5-13/h2-3,10-11,13H,4-9,12H2,1H3,(H,20,24). The topological polar surface area (TPSA) is 81.0 Å². The van der Waals surface area contributed by atoms with E-state index >= 15 is 0 Å². The number of ether oxygens (including phenoxy) is 2. The zero-order valence-corrected chi connectivity index (χ0v) is 14.9. The molecule has 1 fully saturated rings. The third-order valence-electron chi connectivity index (χ3n) is 4.70. The molecule has 2 aromatic rings. The number of rotatable bonds is 5. The maximum absolute atomic E-state index is 5.84. The molecule has 1 saturated heterocycles. The molecule has 7 nitrogen and oxygen atoms in total. The Balaban J connectivity index is 1.52. The highest BCUT2D eigenvalue weighted by Crippen LogP contribution is 2.20. The van der Waals surface area contributed by atoms with Gasteiger partial charge in [0.05, 0.1) is 30.7 Å². The number of hydrogen-bond acceptors (Lipinski definition) is 7. The van der Waals surface area contributed by atoms with Gasteiger partial charge in [-0.2, -0.15) is 0 Å². The van der Waals surface area contributed by atoms with Crippen LogP contribution in [0.1, 0.15) is 12.8 Å². The van der Waals surface area contributed by atoms with E-state index in [0.29, 0.717) is 24.9 Å². The number of nitrogens with zero attached hydrogens (tertiary/aromatic N) is 4. The van der Waals surface area contributed by atoms with Crippen LogP contribution in [0.3, 0.4) is 0 Å². The van der Waals surface area contributed by atoms with Crippen molar-refractivity contribution in [3.8, 4) is 17.1 Å². The van der Waals surface area contributed by atoms with Gasteiger partial charge in [0, 0.05) is 38.1 Å². The zero-order chi connectivity index (χ0) is 17.8. The molecule has 2 aromatic heterocycles. The highest BCUT2D eigenvalue weighted by Gasteiger charge is 2.15. The molecule has 2 aliphatic rings. The van der Waals surface area contributed by atoms with Crippen LogP contribution in [-0.2, 0) is 4.74 Å². The largest absolute Gasteiger partial charge is 0.477 e. The summed E-state index contributed by atoms with van der Waals surface area (Å²) in [5, 5.41) is 4.83. The van der Waals surface area contributed by atoms with Crippen LogP contribution in [0.4, 0.5) is 5.82 Å². The molecule has 0 spiro atoms. The van der Waals surface area contributed by atoms with Gasteiger partial charge in [-0.25, -0.2) is 9.97 Å². The molecule has 4 rings (SSSR count). The maximum atomic E-state index is 5.84. The molecule has 2 aliphatic heterocycles. The molecule has 0 aromatic carbocycles. The lowest BCUT2D eigenvalue weighted by Gasteiger charge is -2.21. The van der Waals surface area contributed by atoms with E-state index in [0.717, 1.165) is 60.4 Å². The number of hydrogen-bond donors (Lipinski definition) is 1. The summed E-state index contributed by atoms with van der Waals surface area (Å²) in [4.78, 5) is 18.2. The van der Waals surface area contributed by atoms with Gasteiger partial charge in [0.2, 0.25) is 5.88 Å². The number of pyridine rings is 2. The summed E-state index contributed by atoms with van der Waals surface area (Å²) >= 11 is 0. The molecule has 0 atom stereocenters. The van der Waals surface area contributed by atoms with Crippen molar-refractivity contribution in [1.82, 2.24) is 9.97 Å². The van der Waals surface area contributed by atoms with E-state index in [2.05, 4.69) is 25.3 Å². The first-order chi connectivity index (χ1) is 12.8. The summed E-state index contributed by atoms with van der Waals surface area (Å²) in [5.74, 6) is 1.95. The third kappa shape index (κ3) is 3.67. The monoisotopic (exact) mass is 353 g/mol. The van der Waals surface area contributed by atoms with Crippen molar-refractivity contribution >= 4 is 5.82 Å². The molecule has 7 heteroatoms. The Morgan fingerprint density at radius 3 is 2.81 bits per heavy atom. The van der Waals surface area contributed by atoms with Gasteiger partial charge >= 0.3 is 0 Å². The molecule has 0 radical (unpaired) electrons. The average Bonchev–Trinajstić information content (AvgIpc) is 2.72. The van der Waals surface area contributed by atoms with E-state index in [4.69, 9.17) is 9.47 Å². The first-order valence-electron chi connectivity index (χ1n) is 9.08. The Morgan fingerprint density at radius 1 is 1.19 bits per heavy atom. The fraction of sp³-hybridized carbons (Fsp3) is 0.474. The molecule has 136 valence electrons. The lowest BCUT2D eigenvalue weighted by molar-refractivity contribution is 0.0490. The van der Waals surface area contributed by atoms with Crippen LogP contribution in [0.5, 0.6) is 5.88 Å². The lowest BCUT2D eigenvalue weighted by atomic mass is 10.0. The van der Waals surface area contributed by atoms with Crippen LogP contribution in [-0.4, -0.2) is 49.9 Å². The van der Waals surface area contributed by atoms with Gasteiger partial charge in [-0.1, -0.05) is 0 Å². The minimum Gasteiger partial charge on any atom is -0.477 e. The van der Waals surface area contributed by atoms with Crippen molar-refractivity contribution in [2.24, 2.45) is 15.9 Å². The summed E-state index contributed by atoms with van der Waals surface area (Å²) in [7, 11) is 1.85. The first kappa shape index (κ1) is 16.9. The molecular formula is C19H23N5O2. The van der Waals surface area contributed by atoms with Crippen LogP contribution in [0, 0.1) is 5.92 Å². The number of aromatic nitrogens is 2. The summed E-state index contributed by atoms with van der Waals surface area (Å²) in [6.07, 6.45) is 3.91. The van der Waals surface area contributed by atoms with Gasteiger partial charge in [0.15, 0.2) is 5.82 Å². The van der Waals surface area contributed by atoms with Crippen molar-refractivity contribution in [2.45, 2.75) is 12.8 Å². The fourth-order valence-electron chi connectivity index (χ4n) is 3.19. The van der Waals surface area contributed by atoms with Crippen molar-refractivity contribution in [2.75, 3.05) is 45.3 Å². The summed E-state index contributed by atoms with van der Waals surface area (Å²) in [5.41, 5.74) is 1.76. The Labute approximate surface area is 152 Å². The molecule has 4 heterocycles. The minimum absolute atomic E-state index is 0.552. The van der Waals surface area contributed by atoms with Gasteiger partial charge in [0.1, 0.15) is 5.36 Å². The molecule has 0 saturated carbocycles. The summed E-state index contributed by atoms with van der Waals surface area (Å²) in [6, 6.07) is 5.86. The highest BCUT2D eigenvalue weighted by molar-refractivity contribution is 5.60. The van der Waals surface area contributed by atoms with E-state index in [1.165, 1.54) is 0 Å². The summed E-state index contributed by atoms with van der Waals surface area (Å²) < 4.78 is 11.2. The lowest BCUT2D eigenvalue weighted by Crippen LogP contribution is -2.33. The van der Waals surface area contributed by atoms with E-state index in [1.807, 2.05) is 25.2 Å². The number of nitrogens with one attached hydrogen (secondary N) is 1. The fourth-order valence-corrected chi connectivity index (χ4v) is 3.19. The molecule has 0 amide bonds. The van der Waals surface area contributed by atoms with E-state index < -0.39 is 0 Å². The zero-order valence-electron chi connectivity index (χ0n) is 14.9. The van der Waals surface area contributed by atoms with Crippen LogP contribution < -0.4 is 20.8 Å². The number of anilines is 1. The van der Waals surface area contributed by atoms with E-state index in [-0.39, 0.29) is 0 Å². The highest BCUT2D eigenvalue weighted by atomic mass is 16.5. The van der Waals surface area contributed by atoms with Crippen LogP contribution in [0.25, 0.3) is 11.3 Å². The molecule has 0 aliphatic carbocycles. The van der Waals surface area contributed by atoms with Crippen molar-refractivity contribution in [3.05, 3.63) is 35.1 Å². The Morgan fingerprint density at radius 2 is 2.04 bits per heavy atom. The SMILES string of the molecule is CNc1nc(-c2ccc(OCC3CCOCC3)nc2)cc2c1=NCCN=2. The minimum atomic E-state index is 0.552. The Bertz CT molecular complexity index is 876. The third-order valence-corrected chi connectivity index (χ3v) is 4.70. The van der Waals surface area contributed by atoms with Gasteiger partial charge in [-0.3, -0.25) is 9.98 Å². The second-order valence-electron chi connectivity index (χ2n) is 6.49. The second kappa shape index (κ2) is 7.78. The van der Waals surface area contributed by atoms with E-state index in [9.17, 15) is 0 Å². The molecule has 26 heavy (non-hydrogen) atoms. The normalized spacial score (nSPS) is 17.0. The predicted molar refractivity (Wildman–Crippen MR) is 98.1 cm³/mol. The second-order valence-corrected chi connectivity index (χ2v) is 6.49. The van der Waals surface area contributed by atoms with Crippen LogP contribution in [0.15, 0.2) is 34.4 Å². The molecule has 0 bridgehead atoms. The van der Waals surface area contributed by atoms with Gasteiger partial charge in [-0.05, 0) is 30.9 Å². The van der Waals surface area contributed by atoms with Gasteiger partial charge < -0.3 is 14.8 Å². The molecule has 0 unspecified atom stereocenters. The van der Waals surface area contributed by atoms with E-state index in [1.54, 1.807) is 6.20 Å². The van der Waals surface area contributed by atoms with Crippen LogP contribution >= 0.6 is 0 Å². The number of fused-ring (bicyclic) bond motifs is 1. The Hall–Kier alpha value is -2.54. The van der Waals surface area contributed by atoms with Crippen molar-refractivity contribution < 1.29 is 9.47 Å². The van der Waals surface area contributed by atoms with Crippen molar-refractivity contribution in [1.29, 1.82) is 0 Å². The average molecular weight is 353 g/mol. The van der Waals surface area contributed by atoms with Crippen molar-refractivity contribution in [3.63, 3.8) is 0 Å².